The summed E-state index contributed by atoms with van der Waals surface area (Å²) in [6, 6.07) is 4.13. The highest BCUT2D eigenvalue weighted by Gasteiger charge is 2.44. The Hall–Kier alpha value is -1.99. The van der Waals surface area contributed by atoms with Crippen molar-refractivity contribution in [1.82, 2.24) is 10.6 Å². The number of rotatable bonds is 7. The zero-order chi connectivity index (χ0) is 19.2. The fourth-order valence-corrected chi connectivity index (χ4v) is 3.63. The molecule has 2 N–H and O–H groups in total. The number of allylic oxidation sites excluding steroid dienone is 1. The molecule has 0 bridgehead atoms. The Bertz CT molecular complexity index is 640. The van der Waals surface area contributed by atoms with E-state index >= 15 is 0 Å². The molecule has 1 aliphatic heterocycles. The van der Waals surface area contributed by atoms with E-state index in [1.54, 1.807) is 13.8 Å². The summed E-state index contributed by atoms with van der Waals surface area (Å²) < 4.78 is 0. The molecule has 1 aliphatic rings. The third kappa shape index (κ3) is 5.51. The Morgan fingerprint density at radius 1 is 1.32 bits per heavy atom. The molecule has 6 nitrogen and oxygen atoms in total. The van der Waals surface area contributed by atoms with Crippen LogP contribution in [0.1, 0.15) is 47.5 Å². The van der Waals surface area contributed by atoms with Crippen LogP contribution in [0, 0.1) is 39.9 Å². The predicted octanol–water partition coefficient (Wildman–Crippen LogP) is 2.69. The average molecular weight is 362 g/mol. The summed E-state index contributed by atoms with van der Waals surface area (Å²) in [7, 11) is 0. The van der Waals surface area contributed by atoms with Gasteiger partial charge >= 0.3 is 0 Å². The Morgan fingerprint density at radius 3 is 2.48 bits per heavy atom. The van der Waals surface area contributed by atoms with Crippen molar-refractivity contribution in [2.24, 2.45) is 17.3 Å². The Morgan fingerprint density at radius 2 is 1.96 bits per heavy atom. The van der Waals surface area contributed by atoms with Crippen LogP contribution in [0.25, 0.3) is 0 Å². The number of hydrogen-bond donors (Lipinski definition) is 2. The van der Waals surface area contributed by atoms with Crippen LogP contribution in [-0.2, 0) is 9.59 Å². The maximum absolute atomic E-state index is 12.1. The van der Waals surface area contributed by atoms with Gasteiger partial charge in [0.25, 0.3) is 0 Å². The van der Waals surface area contributed by atoms with E-state index in [9.17, 15) is 20.1 Å². The van der Waals surface area contributed by atoms with Gasteiger partial charge in [-0.05, 0) is 25.7 Å². The molecule has 2 amide bonds. The van der Waals surface area contributed by atoms with E-state index in [-0.39, 0.29) is 17.7 Å². The second-order valence-electron chi connectivity index (χ2n) is 7.32. The molecule has 0 spiro atoms. The average Bonchev–Trinajstić information content (AvgIpc) is 2.50. The second-order valence-corrected chi connectivity index (χ2v) is 8.30. The standard InChI is InChI=1S/C18H26N4O2S/c1-11(2)6-7-12(3)21-15(23)10-25-17-14(9-20)18(4,5)13(8-19)16(24)22-17/h11-13H,6-7,10H2,1-5H3,(H,21,23)(H,22,24)/t12-,13-/m1/s1. The van der Waals surface area contributed by atoms with E-state index in [4.69, 9.17) is 0 Å². The molecule has 2 atom stereocenters. The fraction of sp³-hybridized carbons (Fsp3) is 0.667. The van der Waals surface area contributed by atoms with Crippen molar-refractivity contribution in [3.8, 4) is 12.1 Å². The molecule has 0 aliphatic carbocycles. The molecule has 0 saturated carbocycles. The summed E-state index contributed by atoms with van der Waals surface area (Å²) in [4.78, 5) is 24.2. The van der Waals surface area contributed by atoms with E-state index in [2.05, 4.69) is 30.6 Å². The molecule has 0 aromatic heterocycles. The van der Waals surface area contributed by atoms with E-state index in [1.165, 1.54) is 0 Å². The summed E-state index contributed by atoms with van der Waals surface area (Å²) in [5.74, 6) is -0.790. The molecule has 0 radical (unpaired) electrons. The third-order valence-corrected chi connectivity index (χ3v) is 5.27. The van der Waals surface area contributed by atoms with Gasteiger partial charge in [0.05, 0.1) is 28.5 Å². The van der Waals surface area contributed by atoms with Crippen LogP contribution >= 0.6 is 11.8 Å². The Balaban J connectivity index is 2.74. The van der Waals surface area contributed by atoms with Crippen LogP contribution < -0.4 is 10.6 Å². The lowest BCUT2D eigenvalue weighted by atomic mass is 9.72. The van der Waals surface area contributed by atoms with E-state index in [1.807, 2.05) is 13.0 Å². The largest absolute Gasteiger partial charge is 0.353 e. The van der Waals surface area contributed by atoms with Crippen molar-refractivity contribution in [2.75, 3.05) is 5.75 Å². The highest BCUT2D eigenvalue weighted by Crippen LogP contribution is 2.41. The number of carbonyl (C=O) groups is 2. The highest BCUT2D eigenvalue weighted by molar-refractivity contribution is 8.03. The van der Waals surface area contributed by atoms with Crippen molar-refractivity contribution in [3.63, 3.8) is 0 Å². The number of amides is 2. The topological polar surface area (TPSA) is 106 Å². The Labute approximate surface area is 154 Å². The van der Waals surface area contributed by atoms with Gasteiger partial charge in [-0.2, -0.15) is 10.5 Å². The summed E-state index contributed by atoms with van der Waals surface area (Å²) in [5.41, 5.74) is -0.542. The lowest BCUT2D eigenvalue weighted by Gasteiger charge is -2.34. The first-order valence-corrected chi connectivity index (χ1v) is 9.39. The van der Waals surface area contributed by atoms with Crippen molar-refractivity contribution in [3.05, 3.63) is 10.6 Å². The van der Waals surface area contributed by atoms with Gasteiger partial charge in [0.15, 0.2) is 0 Å². The third-order valence-electron chi connectivity index (χ3n) is 4.26. The number of hydrogen-bond acceptors (Lipinski definition) is 5. The summed E-state index contributed by atoms with van der Waals surface area (Å²) in [6.07, 6.45) is 1.95. The van der Waals surface area contributed by atoms with Crippen LogP contribution in [0.15, 0.2) is 10.6 Å². The van der Waals surface area contributed by atoms with Crippen LogP contribution in [0.3, 0.4) is 0 Å². The molecule has 25 heavy (non-hydrogen) atoms. The van der Waals surface area contributed by atoms with E-state index in [0.717, 1.165) is 24.6 Å². The summed E-state index contributed by atoms with van der Waals surface area (Å²) >= 11 is 1.13. The number of nitrogens with one attached hydrogen (secondary N) is 2. The molecule has 136 valence electrons. The predicted molar refractivity (Wildman–Crippen MR) is 97.8 cm³/mol. The second kappa shape index (κ2) is 8.92. The molecule has 0 saturated heterocycles. The quantitative estimate of drug-likeness (QED) is 0.724. The van der Waals surface area contributed by atoms with Crippen LogP contribution in [0.5, 0.6) is 0 Å². The number of nitriles is 2. The molecule has 0 unspecified atom stereocenters. The van der Waals surface area contributed by atoms with Gasteiger partial charge < -0.3 is 10.6 Å². The summed E-state index contributed by atoms with van der Waals surface area (Å²) in [5, 5.41) is 24.5. The van der Waals surface area contributed by atoms with Gasteiger partial charge in [0.1, 0.15) is 5.92 Å². The first-order chi connectivity index (χ1) is 11.6. The monoisotopic (exact) mass is 362 g/mol. The van der Waals surface area contributed by atoms with Gasteiger partial charge in [-0.1, -0.05) is 39.5 Å². The highest BCUT2D eigenvalue weighted by atomic mass is 32.2. The minimum Gasteiger partial charge on any atom is -0.353 e. The normalized spacial score (nSPS) is 20.5. The van der Waals surface area contributed by atoms with Crippen molar-refractivity contribution >= 4 is 23.6 Å². The smallest absolute Gasteiger partial charge is 0.243 e. The van der Waals surface area contributed by atoms with E-state index in [0.29, 0.717) is 16.5 Å². The number of carbonyl (C=O) groups excluding carboxylic acids is 2. The van der Waals surface area contributed by atoms with Crippen molar-refractivity contribution in [1.29, 1.82) is 10.5 Å². The molecular formula is C18H26N4O2S. The van der Waals surface area contributed by atoms with Gasteiger partial charge in [-0.3, -0.25) is 9.59 Å². The molecule has 1 rings (SSSR count). The molecule has 0 aromatic carbocycles. The van der Waals surface area contributed by atoms with Crippen molar-refractivity contribution < 1.29 is 9.59 Å². The van der Waals surface area contributed by atoms with Crippen LogP contribution in [0.4, 0.5) is 0 Å². The fourth-order valence-electron chi connectivity index (χ4n) is 2.64. The van der Waals surface area contributed by atoms with Crippen LogP contribution in [-0.4, -0.2) is 23.6 Å². The zero-order valence-corrected chi connectivity index (χ0v) is 16.3. The number of thioether (sulfide) groups is 1. The minimum atomic E-state index is -0.920. The molecule has 0 aromatic rings. The first kappa shape index (κ1) is 21.1. The van der Waals surface area contributed by atoms with Gasteiger partial charge in [0.2, 0.25) is 11.8 Å². The first-order valence-electron chi connectivity index (χ1n) is 8.41. The molecule has 0 fully saturated rings. The molecule has 1 heterocycles. The van der Waals surface area contributed by atoms with Crippen molar-refractivity contribution in [2.45, 2.75) is 53.5 Å². The molecular weight excluding hydrogens is 336 g/mol. The van der Waals surface area contributed by atoms with Gasteiger partial charge in [0, 0.05) is 11.5 Å². The van der Waals surface area contributed by atoms with Gasteiger partial charge in [-0.15, -0.1) is 0 Å². The molecule has 7 heteroatoms. The van der Waals surface area contributed by atoms with E-state index < -0.39 is 17.2 Å². The Kier molecular flexibility index (Phi) is 7.51. The maximum atomic E-state index is 12.1. The lowest BCUT2D eigenvalue weighted by Crippen LogP contribution is -2.44. The number of nitrogens with zero attached hydrogens (tertiary/aromatic N) is 2. The SMILES string of the molecule is CC(C)CC[C@@H](C)NC(=O)CSC1=C(C#N)C(C)(C)[C@H](C#N)C(=O)N1. The van der Waals surface area contributed by atoms with Gasteiger partial charge in [-0.25, -0.2) is 0 Å². The van der Waals surface area contributed by atoms with Crippen LogP contribution in [0.2, 0.25) is 0 Å². The summed E-state index contributed by atoms with van der Waals surface area (Å²) in [6.45, 7) is 9.65. The minimum absolute atomic E-state index is 0.0836. The zero-order valence-electron chi connectivity index (χ0n) is 15.5. The maximum Gasteiger partial charge on any atom is 0.243 e. The lowest BCUT2D eigenvalue weighted by molar-refractivity contribution is -0.125.